The second kappa shape index (κ2) is 5.47. The fraction of sp³-hybridized carbons (Fsp3) is 0.727. The fourth-order valence-electron chi connectivity index (χ4n) is 1.24. The standard InChI is InChI=1S/C11H21N3S/c1-8(2)12-6-7-14(5)11-13-9(3)10(4)15-11/h8,12H,6-7H2,1-5H3. The summed E-state index contributed by atoms with van der Waals surface area (Å²) in [4.78, 5) is 8.05. The van der Waals surface area contributed by atoms with Gasteiger partial charge in [-0.3, -0.25) is 0 Å². The average molecular weight is 227 g/mol. The Labute approximate surface area is 96.5 Å². The average Bonchev–Trinajstić information content (AvgIpc) is 2.46. The molecule has 1 heterocycles. The number of thiazole rings is 1. The third-order valence-corrected chi connectivity index (χ3v) is 3.53. The molecule has 0 aliphatic carbocycles. The van der Waals surface area contributed by atoms with E-state index in [1.54, 1.807) is 11.3 Å². The van der Waals surface area contributed by atoms with Gasteiger partial charge >= 0.3 is 0 Å². The minimum Gasteiger partial charge on any atom is -0.350 e. The second-order valence-corrected chi connectivity index (χ2v) is 5.35. The number of aromatic nitrogens is 1. The van der Waals surface area contributed by atoms with E-state index in [4.69, 9.17) is 0 Å². The van der Waals surface area contributed by atoms with Crippen molar-refractivity contribution in [3.63, 3.8) is 0 Å². The summed E-state index contributed by atoms with van der Waals surface area (Å²) in [5, 5.41) is 4.52. The molecule has 0 saturated carbocycles. The number of nitrogens with one attached hydrogen (secondary N) is 1. The van der Waals surface area contributed by atoms with Crippen molar-refractivity contribution in [1.29, 1.82) is 0 Å². The number of aryl methyl sites for hydroxylation is 2. The molecule has 1 rings (SSSR count). The van der Waals surface area contributed by atoms with Gasteiger partial charge in [-0.2, -0.15) is 0 Å². The van der Waals surface area contributed by atoms with Crippen LogP contribution in [0.3, 0.4) is 0 Å². The van der Waals surface area contributed by atoms with Gasteiger partial charge in [0.2, 0.25) is 0 Å². The molecule has 0 amide bonds. The SMILES string of the molecule is Cc1nc(N(C)CCNC(C)C)sc1C. The van der Waals surface area contributed by atoms with Gasteiger partial charge in [-0.1, -0.05) is 13.8 Å². The van der Waals surface area contributed by atoms with E-state index in [2.05, 4.69) is 49.9 Å². The van der Waals surface area contributed by atoms with Crippen molar-refractivity contribution < 1.29 is 0 Å². The van der Waals surface area contributed by atoms with Gasteiger partial charge in [-0.15, -0.1) is 11.3 Å². The fourth-order valence-corrected chi connectivity index (χ4v) is 2.13. The summed E-state index contributed by atoms with van der Waals surface area (Å²) in [6, 6.07) is 0.554. The Morgan fingerprint density at radius 2 is 2.07 bits per heavy atom. The molecule has 0 spiro atoms. The molecule has 0 bridgehead atoms. The molecule has 0 aromatic carbocycles. The van der Waals surface area contributed by atoms with Gasteiger partial charge in [0, 0.05) is 31.1 Å². The largest absolute Gasteiger partial charge is 0.350 e. The van der Waals surface area contributed by atoms with E-state index in [0.717, 1.165) is 23.9 Å². The number of likely N-dealkylation sites (N-methyl/N-ethyl adjacent to an activating group) is 1. The van der Waals surface area contributed by atoms with Gasteiger partial charge in [0.25, 0.3) is 0 Å². The summed E-state index contributed by atoms with van der Waals surface area (Å²) in [6.45, 7) is 10.5. The predicted molar refractivity (Wildman–Crippen MR) is 68.0 cm³/mol. The van der Waals surface area contributed by atoms with Crippen molar-refractivity contribution in [1.82, 2.24) is 10.3 Å². The lowest BCUT2D eigenvalue weighted by Gasteiger charge is -2.17. The first-order valence-electron chi connectivity index (χ1n) is 5.39. The normalized spacial score (nSPS) is 11.1. The highest BCUT2D eigenvalue weighted by Gasteiger charge is 2.07. The van der Waals surface area contributed by atoms with Crippen molar-refractivity contribution in [2.24, 2.45) is 0 Å². The first-order valence-corrected chi connectivity index (χ1v) is 6.21. The Bertz CT molecular complexity index is 287. The van der Waals surface area contributed by atoms with Crippen LogP contribution < -0.4 is 10.2 Å². The van der Waals surface area contributed by atoms with Crippen LogP contribution in [-0.4, -0.2) is 31.2 Å². The van der Waals surface area contributed by atoms with E-state index in [1.807, 2.05) is 0 Å². The lowest BCUT2D eigenvalue weighted by Crippen LogP contribution is -2.32. The summed E-state index contributed by atoms with van der Waals surface area (Å²) in [5.74, 6) is 0. The first-order chi connectivity index (χ1) is 7.00. The summed E-state index contributed by atoms with van der Waals surface area (Å²) in [5.41, 5.74) is 1.15. The van der Waals surface area contributed by atoms with Crippen LogP contribution in [0.2, 0.25) is 0 Å². The highest BCUT2D eigenvalue weighted by molar-refractivity contribution is 7.15. The Balaban J connectivity index is 2.43. The highest BCUT2D eigenvalue weighted by Crippen LogP contribution is 2.23. The van der Waals surface area contributed by atoms with Crippen molar-refractivity contribution in [2.75, 3.05) is 25.0 Å². The molecular formula is C11H21N3S. The third-order valence-electron chi connectivity index (χ3n) is 2.34. The molecule has 0 aliphatic heterocycles. The summed E-state index contributed by atoms with van der Waals surface area (Å²) >= 11 is 1.77. The van der Waals surface area contributed by atoms with Gasteiger partial charge in [0.1, 0.15) is 0 Å². The van der Waals surface area contributed by atoms with Crippen molar-refractivity contribution in [3.05, 3.63) is 10.6 Å². The van der Waals surface area contributed by atoms with Crippen LogP contribution in [0.1, 0.15) is 24.4 Å². The van der Waals surface area contributed by atoms with Crippen LogP contribution in [0.5, 0.6) is 0 Å². The van der Waals surface area contributed by atoms with E-state index < -0.39 is 0 Å². The number of nitrogens with zero attached hydrogens (tertiary/aromatic N) is 2. The van der Waals surface area contributed by atoms with Crippen molar-refractivity contribution in [3.8, 4) is 0 Å². The Hall–Kier alpha value is -0.610. The van der Waals surface area contributed by atoms with Crippen molar-refractivity contribution in [2.45, 2.75) is 33.7 Å². The second-order valence-electron chi connectivity index (χ2n) is 4.17. The molecule has 1 aromatic heterocycles. The highest BCUT2D eigenvalue weighted by atomic mass is 32.1. The number of rotatable bonds is 5. The van der Waals surface area contributed by atoms with Crippen LogP contribution in [0.4, 0.5) is 5.13 Å². The molecule has 15 heavy (non-hydrogen) atoms. The van der Waals surface area contributed by atoms with Gasteiger partial charge < -0.3 is 10.2 Å². The van der Waals surface area contributed by atoms with E-state index >= 15 is 0 Å². The first kappa shape index (κ1) is 12.5. The van der Waals surface area contributed by atoms with Crippen LogP contribution in [-0.2, 0) is 0 Å². The molecule has 1 aromatic rings. The van der Waals surface area contributed by atoms with Gasteiger partial charge in [0.15, 0.2) is 5.13 Å². The lowest BCUT2D eigenvalue weighted by atomic mass is 10.4. The van der Waals surface area contributed by atoms with Gasteiger partial charge in [0.05, 0.1) is 5.69 Å². The number of anilines is 1. The van der Waals surface area contributed by atoms with E-state index in [9.17, 15) is 0 Å². The van der Waals surface area contributed by atoms with Crippen LogP contribution in [0.15, 0.2) is 0 Å². The molecule has 0 aliphatic rings. The minimum absolute atomic E-state index is 0.554. The Morgan fingerprint density at radius 3 is 2.53 bits per heavy atom. The zero-order chi connectivity index (χ0) is 11.4. The van der Waals surface area contributed by atoms with Crippen LogP contribution >= 0.6 is 11.3 Å². The quantitative estimate of drug-likeness (QED) is 0.836. The number of hydrogen-bond acceptors (Lipinski definition) is 4. The summed E-state index contributed by atoms with van der Waals surface area (Å²) in [6.07, 6.45) is 0. The Morgan fingerprint density at radius 1 is 1.40 bits per heavy atom. The maximum atomic E-state index is 4.52. The van der Waals surface area contributed by atoms with Gasteiger partial charge in [-0.05, 0) is 13.8 Å². The van der Waals surface area contributed by atoms with E-state index in [0.29, 0.717) is 6.04 Å². The maximum Gasteiger partial charge on any atom is 0.185 e. The topological polar surface area (TPSA) is 28.2 Å². The molecule has 0 unspecified atom stereocenters. The van der Waals surface area contributed by atoms with E-state index in [-0.39, 0.29) is 0 Å². The zero-order valence-electron chi connectivity index (χ0n) is 10.3. The number of hydrogen-bond donors (Lipinski definition) is 1. The lowest BCUT2D eigenvalue weighted by molar-refractivity contribution is 0.589. The molecule has 86 valence electrons. The van der Waals surface area contributed by atoms with E-state index in [1.165, 1.54) is 4.88 Å². The minimum atomic E-state index is 0.554. The summed E-state index contributed by atoms with van der Waals surface area (Å²) in [7, 11) is 2.10. The molecule has 0 fully saturated rings. The molecule has 0 atom stereocenters. The zero-order valence-corrected chi connectivity index (χ0v) is 11.1. The van der Waals surface area contributed by atoms with Gasteiger partial charge in [-0.25, -0.2) is 4.98 Å². The van der Waals surface area contributed by atoms with Crippen molar-refractivity contribution >= 4 is 16.5 Å². The molecule has 3 nitrogen and oxygen atoms in total. The molecule has 1 N–H and O–H groups in total. The molecule has 0 saturated heterocycles. The molecular weight excluding hydrogens is 206 g/mol. The smallest absolute Gasteiger partial charge is 0.185 e. The third kappa shape index (κ3) is 3.80. The van der Waals surface area contributed by atoms with Crippen LogP contribution in [0.25, 0.3) is 0 Å². The predicted octanol–water partition coefficient (Wildman–Crippen LogP) is 2.19. The molecule has 4 heteroatoms. The summed E-state index contributed by atoms with van der Waals surface area (Å²) < 4.78 is 0. The molecule has 0 radical (unpaired) electrons. The Kier molecular flexibility index (Phi) is 4.54. The maximum absolute atomic E-state index is 4.52. The van der Waals surface area contributed by atoms with Crippen LogP contribution in [0, 0.1) is 13.8 Å². The monoisotopic (exact) mass is 227 g/mol.